The lowest BCUT2D eigenvalue weighted by molar-refractivity contribution is 0.0857. The predicted octanol–water partition coefficient (Wildman–Crippen LogP) is 6.02. The first-order valence-electron chi connectivity index (χ1n) is 11.4. The molecule has 3 N–H and O–H groups in total. The number of benzene rings is 3. The van der Waals surface area contributed by atoms with E-state index in [0.717, 1.165) is 28.3 Å². The van der Waals surface area contributed by atoms with Crippen molar-refractivity contribution in [2.45, 2.75) is 25.7 Å². The number of hydrogen-bond acceptors (Lipinski definition) is 4. The maximum Gasteiger partial charge on any atom is 0.251 e. The number of pyridine rings is 1. The molecule has 3 aromatic carbocycles. The summed E-state index contributed by atoms with van der Waals surface area (Å²) in [6.07, 6.45) is -0.610. The van der Waals surface area contributed by atoms with E-state index in [1.165, 1.54) is 12.1 Å². The number of anilines is 1. The second-order valence-corrected chi connectivity index (χ2v) is 9.39. The van der Waals surface area contributed by atoms with Crippen LogP contribution in [0.5, 0.6) is 0 Å². The number of carbonyl (C=O) groups excluding carboxylic acids is 1. The number of nitrogens with zero attached hydrogens (tertiary/aromatic N) is 1. The maximum atomic E-state index is 14.4. The molecule has 3 heterocycles. The highest BCUT2D eigenvalue weighted by atomic mass is 35.5. The van der Waals surface area contributed by atoms with Crippen LogP contribution in [0.4, 0.5) is 14.6 Å². The van der Waals surface area contributed by atoms with Crippen LogP contribution in [0.3, 0.4) is 0 Å². The van der Waals surface area contributed by atoms with E-state index in [1.807, 2.05) is 30.3 Å². The summed E-state index contributed by atoms with van der Waals surface area (Å²) in [6.45, 7) is 2.00. The molecule has 5 nitrogen and oxygen atoms in total. The molecule has 2 atom stereocenters. The van der Waals surface area contributed by atoms with Crippen molar-refractivity contribution in [3.8, 4) is 11.1 Å². The molecule has 0 spiro atoms. The molecule has 0 unspecified atom stereocenters. The Morgan fingerprint density at radius 3 is 2.47 bits per heavy atom. The van der Waals surface area contributed by atoms with Gasteiger partial charge in [-0.3, -0.25) is 4.79 Å². The number of amides is 1. The van der Waals surface area contributed by atoms with E-state index < -0.39 is 11.6 Å². The van der Waals surface area contributed by atoms with Crippen molar-refractivity contribution >= 4 is 23.3 Å². The number of carbonyl (C=O) groups is 1. The molecule has 0 aliphatic carbocycles. The van der Waals surface area contributed by atoms with Crippen LogP contribution in [0.2, 0.25) is 5.02 Å². The van der Waals surface area contributed by atoms with Crippen LogP contribution >= 0.6 is 11.6 Å². The van der Waals surface area contributed by atoms with Crippen LogP contribution in [0.1, 0.15) is 56.1 Å². The molecule has 8 heteroatoms. The average molecular weight is 504 g/mol. The standard InChI is InChI=1S/C28H20ClF2N3O2/c1-13-22(23(29)11-25(32)34-13)12-33-28(35)15-3-6-19-21(9-15)27-20-8-14(2-5-18(20)26(19)36-27)17-7-4-16(30)10-24(17)31/h2-11,26-27H,12H2,1H3,(H2,32,34)(H,33,35)/t26-,27+/m0/s1. The summed E-state index contributed by atoms with van der Waals surface area (Å²) in [5.74, 6) is -1.17. The summed E-state index contributed by atoms with van der Waals surface area (Å²) in [6, 6.07) is 16.2. The summed E-state index contributed by atoms with van der Waals surface area (Å²) < 4.78 is 34.0. The molecule has 0 saturated carbocycles. The van der Waals surface area contributed by atoms with Crippen molar-refractivity contribution in [1.82, 2.24) is 10.3 Å². The molecule has 1 amide bonds. The van der Waals surface area contributed by atoms with E-state index in [9.17, 15) is 13.6 Å². The second kappa shape index (κ2) is 8.40. The third kappa shape index (κ3) is 3.63. The molecule has 6 rings (SSSR count). The van der Waals surface area contributed by atoms with Gasteiger partial charge >= 0.3 is 0 Å². The Hall–Kier alpha value is -3.81. The lowest BCUT2D eigenvalue weighted by Crippen LogP contribution is -2.24. The first-order chi connectivity index (χ1) is 17.3. The second-order valence-electron chi connectivity index (χ2n) is 8.98. The molecular formula is C28H20ClF2N3O2. The Morgan fingerprint density at radius 1 is 1.00 bits per heavy atom. The number of aryl methyl sites for hydroxylation is 1. The average Bonchev–Trinajstić information content (AvgIpc) is 3.40. The van der Waals surface area contributed by atoms with Crippen molar-refractivity contribution < 1.29 is 18.3 Å². The van der Waals surface area contributed by atoms with E-state index >= 15 is 0 Å². The minimum Gasteiger partial charge on any atom is -0.384 e. The smallest absolute Gasteiger partial charge is 0.251 e. The number of nitrogens with one attached hydrogen (secondary N) is 1. The van der Waals surface area contributed by atoms with Crippen LogP contribution in [-0.4, -0.2) is 10.9 Å². The number of nitrogen functional groups attached to an aromatic ring is 1. The summed E-state index contributed by atoms with van der Waals surface area (Å²) in [7, 11) is 0. The predicted molar refractivity (Wildman–Crippen MR) is 133 cm³/mol. The van der Waals surface area contributed by atoms with Crippen LogP contribution < -0.4 is 11.1 Å². The van der Waals surface area contributed by atoms with E-state index in [-0.39, 0.29) is 24.7 Å². The fourth-order valence-electron chi connectivity index (χ4n) is 5.04. The molecule has 0 radical (unpaired) electrons. The summed E-state index contributed by atoms with van der Waals surface area (Å²) in [4.78, 5) is 17.2. The number of halogens is 3. The quantitative estimate of drug-likeness (QED) is 0.357. The van der Waals surface area contributed by atoms with Gasteiger partial charge in [-0.05, 0) is 71.1 Å². The molecule has 2 aliphatic rings. The summed E-state index contributed by atoms with van der Waals surface area (Å²) in [5.41, 5.74) is 12.4. The largest absolute Gasteiger partial charge is 0.384 e. The molecule has 0 saturated heterocycles. The van der Waals surface area contributed by atoms with Gasteiger partial charge in [0.1, 0.15) is 29.7 Å². The zero-order chi connectivity index (χ0) is 25.1. The Labute approximate surface area is 210 Å². The Balaban J connectivity index is 1.27. The number of rotatable bonds is 4. The highest BCUT2D eigenvalue weighted by Gasteiger charge is 2.43. The lowest BCUT2D eigenvalue weighted by Gasteiger charge is -2.18. The van der Waals surface area contributed by atoms with Crippen molar-refractivity contribution in [2.75, 3.05) is 5.73 Å². The first kappa shape index (κ1) is 22.6. The van der Waals surface area contributed by atoms with Crippen molar-refractivity contribution in [3.63, 3.8) is 0 Å². The number of ether oxygens (including phenoxy) is 1. The zero-order valence-corrected chi connectivity index (χ0v) is 19.9. The Kier molecular flexibility index (Phi) is 5.28. The van der Waals surface area contributed by atoms with Crippen LogP contribution in [0, 0.1) is 18.6 Å². The highest BCUT2D eigenvalue weighted by molar-refractivity contribution is 6.31. The molecule has 36 heavy (non-hydrogen) atoms. The van der Waals surface area contributed by atoms with Gasteiger partial charge in [0.2, 0.25) is 0 Å². The van der Waals surface area contributed by atoms with Gasteiger partial charge in [-0.15, -0.1) is 0 Å². The fourth-order valence-corrected chi connectivity index (χ4v) is 5.36. The van der Waals surface area contributed by atoms with E-state index in [0.29, 0.717) is 38.8 Å². The van der Waals surface area contributed by atoms with Crippen LogP contribution in [0.25, 0.3) is 11.1 Å². The lowest BCUT2D eigenvalue weighted by atomic mass is 9.83. The van der Waals surface area contributed by atoms with Crippen molar-refractivity contribution in [1.29, 1.82) is 0 Å². The normalized spacial score (nSPS) is 17.1. The maximum absolute atomic E-state index is 14.4. The van der Waals surface area contributed by atoms with Gasteiger partial charge in [0.05, 0.1) is 5.02 Å². The molecule has 0 fully saturated rings. The van der Waals surface area contributed by atoms with E-state index in [1.54, 1.807) is 19.1 Å². The summed E-state index contributed by atoms with van der Waals surface area (Å²) in [5, 5.41) is 3.34. The SMILES string of the molecule is Cc1nc(N)cc(Cl)c1CNC(=O)c1ccc2c(c1)[C@@H]1O[C@H]2c2ccc(-c3ccc(F)cc3F)cc21. The van der Waals surface area contributed by atoms with Gasteiger partial charge < -0.3 is 15.8 Å². The molecule has 180 valence electrons. The van der Waals surface area contributed by atoms with Gasteiger partial charge in [-0.25, -0.2) is 13.8 Å². The highest BCUT2D eigenvalue weighted by Crippen LogP contribution is 2.54. The van der Waals surface area contributed by atoms with Crippen molar-refractivity contribution in [2.24, 2.45) is 0 Å². The molecule has 2 bridgehead atoms. The molecule has 2 aliphatic heterocycles. The van der Waals surface area contributed by atoms with E-state index in [2.05, 4.69) is 10.3 Å². The van der Waals surface area contributed by atoms with Gasteiger partial charge in [-0.1, -0.05) is 29.8 Å². The van der Waals surface area contributed by atoms with Gasteiger partial charge in [-0.2, -0.15) is 0 Å². The van der Waals surface area contributed by atoms with Crippen LogP contribution in [0.15, 0.2) is 60.7 Å². The number of fused-ring (bicyclic) bond motifs is 8. The van der Waals surface area contributed by atoms with E-state index in [4.69, 9.17) is 22.1 Å². The number of nitrogens with two attached hydrogens (primary N) is 1. The molecular weight excluding hydrogens is 484 g/mol. The monoisotopic (exact) mass is 503 g/mol. The minimum atomic E-state index is -0.621. The Bertz CT molecular complexity index is 1550. The fraction of sp³-hybridized carbons (Fsp3) is 0.143. The third-order valence-corrected chi connectivity index (χ3v) is 7.14. The van der Waals surface area contributed by atoms with Gasteiger partial charge in [0, 0.05) is 35.0 Å². The van der Waals surface area contributed by atoms with Crippen molar-refractivity contribution in [3.05, 3.63) is 116 Å². The van der Waals surface area contributed by atoms with Gasteiger partial charge in [0.25, 0.3) is 5.91 Å². The third-order valence-electron chi connectivity index (χ3n) is 6.80. The number of aromatic nitrogens is 1. The first-order valence-corrected chi connectivity index (χ1v) is 11.8. The number of hydrogen-bond donors (Lipinski definition) is 2. The van der Waals surface area contributed by atoms with Crippen LogP contribution in [-0.2, 0) is 11.3 Å². The minimum absolute atomic E-state index is 0.214. The zero-order valence-electron chi connectivity index (χ0n) is 19.1. The molecule has 1 aromatic heterocycles. The Morgan fingerprint density at radius 2 is 1.72 bits per heavy atom. The summed E-state index contributed by atoms with van der Waals surface area (Å²) >= 11 is 6.28. The molecule has 4 aromatic rings. The topological polar surface area (TPSA) is 77.2 Å². The van der Waals surface area contributed by atoms with Gasteiger partial charge in [0.15, 0.2) is 0 Å².